The van der Waals surface area contributed by atoms with E-state index in [2.05, 4.69) is 11.9 Å². The van der Waals surface area contributed by atoms with Crippen LogP contribution in [0, 0.1) is 5.92 Å². The van der Waals surface area contributed by atoms with Crippen LogP contribution in [0.2, 0.25) is 0 Å². The van der Waals surface area contributed by atoms with Crippen LogP contribution >= 0.6 is 0 Å². The van der Waals surface area contributed by atoms with Crippen molar-refractivity contribution in [1.29, 1.82) is 0 Å². The minimum atomic E-state index is 0.176. The van der Waals surface area contributed by atoms with Crippen molar-refractivity contribution in [3.05, 3.63) is 0 Å². The average Bonchev–Trinajstić information content (AvgIpc) is 2.37. The van der Waals surface area contributed by atoms with E-state index in [1.807, 2.05) is 4.90 Å². The Morgan fingerprint density at radius 2 is 2.13 bits per heavy atom. The number of rotatable bonds is 0. The van der Waals surface area contributed by atoms with E-state index in [0.29, 0.717) is 5.92 Å². The molecule has 0 aromatic carbocycles. The molecule has 0 bridgehead atoms. The van der Waals surface area contributed by atoms with Gasteiger partial charge in [-0.15, -0.1) is 0 Å². The van der Waals surface area contributed by atoms with Crippen LogP contribution < -0.4 is 0 Å². The van der Waals surface area contributed by atoms with Crippen molar-refractivity contribution >= 4 is 5.91 Å². The van der Waals surface area contributed by atoms with Crippen LogP contribution in [0.15, 0.2) is 0 Å². The third-order valence-corrected chi connectivity index (χ3v) is 3.49. The molecule has 2 heterocycles. The minimum Gasteiger partial charge on any atom is -0.375 e. The zero-order valence-electron chi connectivity index (χ0n) is 9.61. The van der Waals surface area contributed by atoms with E-state index < -0.39 is 0 Å². The van der Waals surface area contributed by atoms with E-state index in [0.717, 1.165) is 39.2 Å². The predicted octanol–water partition coefficient (Wildman–Crippen LogP) is 0.185. The number of fused-ring (bicyclic) bond motifs is 1. The Hall–Kier alpha value is -0.610. The lowest BCUT2D eigenvalue weighted by Gasteiger charge is -2.37. The van der Waals surface area contributed by atoms with Gasteiger partial charge in [-0.25, -0.2) is 0 Å². The molecule has 0 aromatic rings. The number of likely N-dealkylation sites (N-methyl/N-ethyl adjacent to an activating group) is 1. The maximum Gasteiger partial charge on any atom is 0.219 e. The fraction of sp³-hybridized carbons (Fsp3) is 0.909. The number of hydrogen-bond acceptors (Lipinski definition) is 3. The van der Waals surface area contributed by atoms with Crippen LogP contribution in [0.5, 0.6) is 0 Å². The van der Waals surface area contributed by atoms with Crippen molar-refractivity contribution in [2.75, 3.05) is 39.8 Å². The molecule has 2 aliphatic heterocycles. The lowest BCUT2D eigenvalue weighted by atomic mass is 9.93. The summed E-state index contributed by atoms with van der Waals surface area (Å²) in [5.41, 5.74) is 0. The smallest absolute Gasteiger partial charge is 0.219 e. The highest BCUT2D eigenvalue weighted by Gasteiger charge is 2.33. The summed E-state index contributed by atoms with van der Waals surface area (Å²) in [6, 6.07) is 0. The normalized spacial score (nSPS) is 33.3. The second-order valence-electron chi connectivity index (χ2n) is 4.69. The molecule has 0 N–H and O–H groups in total. The molecule has 15 heavy (non-hydrogen) atoms. The number of carbonyl (C=O) groups excluding carboxylic acids is 1. The largest absolute Gasteiger partial charge is 0.375 e. The summed E-state index contributed by atoms with van der Waals surface area (Å²) < 4.78 is 5.82. The molecule has 0 aromatic heterocycles. The van der Waals surface area contributed by atoms with E-state index >= 15 is 0 Å². The fourth-order valence-electron chi connectivity index (χ4n) is 2.50. The molecule has 2 rings (SSSR count). The first-order valence-electron chi connectivity index (χ1n) is 5.72. The molecule has 2 atom stereocenters. The van der Waals surface area contributed by atoms with Crippen molar-refractivity contribution in [3.63, 3.8) is 0 Å². The van der Waals surface area contributed by atoms with Crippen LogP contribution in [-0.2, 0) is 9.53 Å². The van der Waals surface area contributed by atoms with Gasteiger partial charge in [0.1, 0.15) is 0 Å². The molecule has 4 nitrogen and oxygen atoms in total. The van der Waals surface area contributed by atoms with E-state index in [1.54, 1.807) is 6.92 Å². The van der Waals surface area contributed by atoms with Gasteiger partial charge in [0.05, 0.1) is 12.7 Å². The third kappa shape index (κ3) is 2.49. The highest BCUT2D eigenvalue weighted by molar-refractivity contribution is 5.73. The lowest BCUT2D eigenvalue weighted by Crippen LogP contribution is -2.48. The van der Waals surface area contributed by atoms with Gasteiger partial charge >= 0.3 is 0 Å². The Bertz CT molecular complexity index is 245. The summed E-state index contributed by atoms with van der Waals surface area (Å²) in [6.45, 7) is 6.23. The van der Waals surface area contributed by atoms with Gasteiger partial charge in [-0.1, -0.05) is 0 Å². The zero-order valence-corrected chi connectivity index (χ0v) is 9.61. The number of nitrogens with zero attached hydrogens (tertiary/aromatic N) is 2. The van der Waals surface area contributed by atoms with E-state index in [1.165, 1.54) is 0 Å². The van der Waals surface area contributed by atoms with Crippen molar-refractivity contribution < 1.29 is 9.53 Å². The Kier molecular flexibility index (Phi) is 3.26. The summed E-state index contributed by atoms with van der Waals surface area (Å²) in [6.07, 6.45) is 1.33. The van der Waals surface area contributed by atoms with Crippen molar-refractivity contribution in [3.8, 4) is 0 Å². The molecule has 2 aliphatic rings. The first-order chi connectivity index (χ1) is 7.16. The summed E-state index contributed by atoms with van der Waals surface area (Å²) in [5.74, 6) is 0.780. The van der Waals surface area contributed by atoms with Crippen LogP contribution in [-0.4, -0.2) is 61.6 Å². The number of likely N-dealkylation sites (tertiary alicyclic amines) is 1. The number of piperidine rings is 1. The molecule has 0 unspecified atom stereocenters. The van der Waals surface area contributed by atoms with E-state index in [4.69, 9.17) is 4.74 Å². The number of hydrogen-bond donors (Lipinski definition) is 0. The monoisotopic (exact) mass is 212 g/mol. The highest BCUT2D eigenvalue weighted by Crippen LogP contribution is 2.23. The highest BCUT2D eigenvalue weighted by atomic mass is 16.5. The van der Waals surface area contributed by atoms with Gasteiger partial charge in [0.25, 0.3) is 0 Å². The summed E-state index contributed by atoms with van der Waals surface area (Å²) in [7, 11) is 2.14. The predicted molar refractivity (Wildman–Crippen MR) is 57.6 cm³/mol. The van der Waals surface area contributed by atoms with Gasteiger partial charge in [0, 0.05) is 39.0 Å². The number of amides is 1. The third-order valence-electron chi connectivity index (χ3n) is 3.49. The molecule has 0 spiro atoms. The molecule has 4 heteroatoms. The molecular formula is C11H20N2O2. The van der Waals surface area contributed by atoms with Crippen LogP contribution in [0.1, 0.15) is 13.3 Å². The second kappa shape index (κ2) is 4.49. The Balaban J connectivity index is 1.98. The van der Waals surface area contributed by atoms with Gasteiger partial charge in [-0.05, 0) is 13.5 Å². The summed E-state index contributed by atoms with van der Waals surface area (Å²) in [4.78, 5) is 15.5. The van der Waals surface area contributed by atoms with Crippen molar-refractivity contribution in [2.24, 2.45) is 5.92 Å². The van der Waals surface area contributed by atoms with Gasteiger partial charge < -0.3 is 14.5 Å². The fourth-order valence-corrected chi connectivity index (χ4v) is 2.50. The molecule has 0 aliphatic carbocycles. The first kappa shape index (κ1) is 10.9. The quantitative estimate of drug-likeness (QED) is 0.574. The summed E-state index contributed by atoms with van der Waals surface area (Å²) in [5, 5.41) is 0. The molecule has 0 saturated carbocycles. The Labute approximate surface area is 91.2 Å². The van der Waals surface area contributed by atoms with E-state index in [9.17, 15) is 4.79 Å². The Morgan fingerprint density at radius 3 is 2.87 bits per heavy atom. The van der Waals surface area contributed by atoms with Gasteiger partial charge in [0.2, 0.25) is 5.91 Å². The SMILES string of the molecule is CC(=O)N1CC[C@@H]2CN(C)CCO[C@@H]2C1. The summed E-state index contributed by atoms with van der Waals surface area (Å²) >= 11 is 0. The number of ether oxygens (including phenoxy) is 1. The molecule has 1 amide bonds. The maximum atomic E-state index is 11.3. The molecular weight excluding hydrogens is 192 g/mol. The van der Waals surface area contributed by atoms with Crippen molar-refractivity contribution in [1.82, 2.24) is 9.80 Å². The Morgan fingerprint density at radius 1 is 1.33 bits per heavy atom. The van der Waals surface area contributed by atoms with Crippen LogP contribution in [0.4, 0.5) is 0 Å². The molecule has 2 saturated heterocycles. The van der Waals surface area contributed by atoms with Crippen LogP contribution in [0.3, 0.4) is 0 Å². The number of carbonyl (C=O) groups is 1. The molecule has 0 radical (unpaired) electrons. The average molecular weight is 212 g/mol. The maximum absolute atomic E-state index is 11.3. The standard InChI is InChI=1S/C11H20N2O2/c1-9(14)13-4-3-10-7-12(2)5-6-15-11(10)8-13/h10-11H,3-8H2,1-2H3/t10-,11-/m1/s1. The van der Waals surface area contributed by atoms with E-state index in [-0.39, 0.29) is 12.0 Å². The lowest BCUT2D eigenvalue weighted by molar-refractivity contribution is -0.134. The van der Waals surface area contributed by atoms with Crippen LogP contribution in [0.25, 0.3) is 0 Å². The second-order valence-corrected chi connectivity index (χ2v) is 4.69. The zero-order chi connectivity index (χ0) is 10.8. The van der Waals surface area contributed by atoms with Crippen molar-refractivity contribution in [2.45, 2.75) is 19.4 Å². The molecule has 86 valence electrons. The van der Waals surface area contributed by atoms with Gasteiger partial charge in [-0.2, -0.15) is 0 Å². The topological polar surface area (TPSA) is 32.8 Å². The van der Waals surface area contributed by atoms with Gasteiger partial charge in [0.15, 0.2) is 0 Å². The first-order valence-corrected chi connectivity index (χ1v) is 5.72. The molecule has 2 fully saturated rings. The van der Waals surface area contributed by atoms with Gasteiger partial charge in [-0.3, -0.25) is 4.79 Å². The minimum absolute atomic E-state index is 0.176.